The summed E-state index contributed by atoms with van der Waals surface area (Å²) in [6.07, 6.45) is 4.18. The van der Waals surface area contributed by atoms with E-state index in [1.54, 1.807) is 27.7 Å². The maximum Gasteiger partial charge on any atom is 0.475 e. The second kappa shape index (κ2) is 13.0. The molecular weight excluding hydrogens is 377 g/mol. The van der Waals surface area contributed by atoms with Crippen LogP contribution in [-0.2, 0) is 36.3 Å². The molecule has 0 radical (unpaired) electrons. The van der Waals surface area contributed by atoms with Gasteiger partial charge in [-0.25, -0.2) is 13.5 Å². The fourth-order valence-corrected chi connectivity index (χ4v) is 4.10. The van der Waals surface area contributed by atoms with E-state index < -0.39 is 41.1 Å². The highest BCUT2D eigenvalue weighted by Gasteiger charge is 2.31. The number of rotatable bonds is 15. The van der Waals surface area contributed by atoms with Gasteiger partial charge in [0.1, 0.15) is 13.3 Å². The van der Waals surface area contributed by atoms with Gasteiger partial charge in [0.2, 0.25) is 0 Å². The Morgan fingerprint density at radius 1 is 1.00 bits per heavy atom. The van der Waals surface area contributed by atoms with Crippen molar-refractivity contribution in [3.63, 3.8) is 0 Å². The lowest BCUT2D eigenvalue weighted by atomic mass is 10.3. The van der Waals surface area contributed by atoms with Gasteiger partial charge in [-0.05, 0) is 34.1 Å². The third-order valence-corrected chi connectivity index (χ3v) is 5.66. The summed E-state index contributed by atoms with van der Waals surface area (Å²) in [4.78, 5) is 0. The average Bonchev–Trinajstić information content (AvgIpc) is 2.50. The van der Waals surface area contributed by atoms with E-state index in [4.69, 9.17) is 33.6 Å². The Morgan fingerprint density at radius 3 is 2.12 bits per heavy atom. The maximum absolute atomic E-state index is 12.3. The molecule has 148 valence electrons. The Kier molecular flexibility index (Phi) is 12.8. The van der Waals surface area contributed by atoms with Crippen molar-refractivity contribution in [3.8, 4) is 12.3 Å². The van der Waals surface area contributed by atoms with Crippen LogP contribution in [0.3, 0.4) is 0 Å². The van der Waals surface area contributed by atoms with Crippen molar-refractivity contribution in [3.05, 3.63) is 0 Å². The van der Waals surface area contributed by atoms with Crippen LogP contribution in [0.5, 0.6) is 0 Å². The summed E-state index contributed by atoms with van der Waals surface area (Å²) in [7, 11) is -7.68. The van der Waals surface area contributed by atoms with E-state index in [0.717, 1.165) is 0 Å². The topological polar surface area (TPSA) is 89.5 Å². The summed E-state index contributed by atoms with van der Waals surface area (Å²) in [6.45, 7) is 5.07. The first-order valence-electron chi connectivity index (χ1n) is 7.84. The first-order valence-corrected chi connectivity index (χ1v) is 10.8. The van der Waals surface area contributed by atoms with Crippen LogP contribution in [0.25, 0.3) is 0 Å². The van der Waals surface area contributed by atoms with Crippen LogP contribution in [-0.4, -0.2) is 45.3 Å². The molecule has 0 aliphatic carbocycles. The molecule has 0 aromatic carbocycles. The quantitative estimate of drug-likeness (QED) is 0.298. The molecule has 3 atom stereocenters. The Balaban J connectivity index is 4.54. The first-order chi connectivity index (χ1) is 11.7. The third kappa shape index (κ3) is 11.8. The van der Waals surface area contributed by atoms with Gasteiger partial charge in [0.15, 0.2) is 0 Å². The third-order valence-electron chi connectivity index (χ3n) is 2.34. The molecule has 0 aromatic heterocycles. The molecule has 0 fully saturated rings. The summed E-state index contributed by atoms with van der Waals surface area (Å²) in [5.74, 6) is 2.18. The second-order valence-corrected chi connectivity index (χ2v) is 8.25. The van der Waals surface area contributed by atoms with E-state index in [0.29, 0.717) is 0 Å². The molecule has 0 spiro atoms. The van der Waals surface area contributed by atoms with Crippen LogP contribution in [0.4, 0.5) is 4.39 Å². The van der Waals surface area contributed by atoms with Gasteiger partial charge in [-0.2, -0.15) is 0 Å². The lowest BCUT2D eigenvalue weighted by Gasteiger charge is -2.22. The van der Waals surface area contributed by atoms with Crippen LogP contribution in [0.15, 0.2) is 0 Å². The van der Waals surface area contributed by atoms with Crippen molar-refractivity contribution in [2.75, 3.05) is 33.1 Å². The molecule has 3 unspecified atom stereocenters. The molecule has 0 heterocycles. The molecule has 0 N–H and O–H groups in total. The molecule has 8 nitrogen and oxygen atoms in total. The lowest BCUT2D eigenvalue weighted by molar-refractivity contribution is 0.0638. The van der Waals surface area contributed by atoms with E-state index in [1.807, 2.05) is 0 Å². The number of terminal acetylenes is 1. The summed E-state index contributed by atoms with van der Waals surface area (Å²) < 4.78 is 67.0. The minimum Gasteiger partial charge on any atom is -0.287 e. The van der Waals surface area contributed by atoms with E-state index >= 15 is 0 Å². The Hall–Kier alpha value is -0.290. The molecular formula is C14H27FO8P2. The van der Waals surface area contributed by atoms with Gasteiger partial charge in [0, 0.05) is 0 Å². The van der Waals surface area contributed by atoms with Crippen molar-refractivity contribution in [1.29, 1.82) is 0 Å². The predicted molar refractivity (Wildman–Crippen MR) is 90.9 cm³/mol. The highest BCUT2D eigenvalue weighted by Crippen LogP contribution is 2.52. The van der Waals surface area contributed by atoms with Crippen LogP contribution < -0.4 is 0 Å². The standard InChI is InChI=1S/C14H27FO8P2/c1-6-10-19-24(16,18-7-2)23-14(5)8-11-20-25(17,21-12-9-15)22-13(3)4/h1,13-14H,7-12H2,2-5H3. The summed E-state index contributed by atoms with van der Waals surface area (Å²) in [5.41, 5.74) is 0. The smallest absolute Gasteiger partial charge is 0.287 e. The Labute approximate surface area is 148 Å². The molecule has 25 heavy (non-hydrogen) atoms. The van der Waals surface area contributed by atoms with Crippen LogP contribution >= 0.6 is 15.6 Å². The van der Waals surface area contributed by atoms with E-state index in [-0.39, 0.29) is 26.2 Å². The van der Waals surface area contributed by atoms with Gasteiger partial charge in [0.25, 0.3) is 0 Å². The molecule has 0 saturated carbocycles. The van der Waals surface area contributed by atoms with Gasteiger partial charge in [-0.3, -0.25) is 27.1 Å². The van der Waals surface area contributed by atoms with Crippen molar-refractivity contribution >= 4 is 15.6 Å². The highest BCUT2D eigenvalue weighted by atomic mass is 31.2. The minimum atomic E-state index is -3.88. The molecule has 0 aliphatic heterocycles. The molecule has 0 rings (SSSR count). The number of hydrogen-bond acceptors (Lipinski definition) is 8. The van der Waals surface area contributed by atoms with Gasteiger partial charge in [-0.1, -0.05) is 5.92 Å². The molecule has 0 amide bonds. The van der Waals surface area contributed by atoms with Gasteiger partial charge in [-0.15, -0.1) is 6.42 Å². The zero-order chi connectivity index (χ0) is 19.3. The van der Waals surface area contributed by atoms with Gasteiger partial charge >= 0.3 is 15.6 Å². The number of halogens is 1. The average molecular weight is 404 g/mol. The number of phosphoric ester groups is 2. The fraction of sp³-hybridized carbons (Fsp3) is 0.857. The molecule has 0 saturated heterocycles. The lowest BCUT2D eigenvalue weighted by Crippen LogP contribution is -2.14. The SMILES string of the molecule is C#CCOP(=O)(OCC)OC(C)CCOP(=O)(OCCF)OC(C)C. The van der Waals surface area contributed by atoms with E-state index in [9.17, 15) is 13.5 Å². The van der Waals surface area contributed by atoms with Crippen LogP contribution in [0, 0.1) is 12.3 Å². The Bertz CT molecular complexity index is 494. The Morgan fingerprint density at radius 2 is 1.60 bits per heavy atom. The zero-order valence-corrected chi connectivity index (χ0v) is 16.8. The van der Waals surface area contributed by atoms with Crippen molar-refractivity contribution in [1.82, 2.24) is 0 Å². The summed E-state index contributed by atoms with van der Waals surface area (Å²) in [5, 5.41) is 0. The summed E-state index contributed by atoms with van der Waals surface area (Å²) in [6, 6.07) is 0. The van der Waals surface area contributed by atoms with Gasteiger partial charge < -0.3 is 0 Å². The minimum absolute atomic E-state index is 0.0985. The first kappa shape index (κ1) is 24.7. The number of phosphoric acid groups is 2. The van der Waals surface area contributed by atoms with Crippen molar-refractivity contribution in [2.24, 2.45) is 0 Å². The monoisotopic (exact) mass is 404 g/mol. The van der Waals surface area contributed by atoms with Crippen molar-refractivity contribution < 1.29 is 40.7 Å². The highest BCUT2D eigenvalue weighted by molar-refractivity contribution is 7.48. The van der Waals surface area contributed by atoms with E-state index in [1.165, 1.54) is 0 Å². The van der Waals surface area contributed by atoms with E-state index in [2.05, 4.69) is 5.92 Å². The molecule has 0 aliphatic rings. The maximum atomic E-state index is 12.3. The molecule has 11 heteroatoms. The second-order valence-electron chi connectivity index (χ2n) is 5.00. The van der Waals surface area contributed by atoms with Crippen molar-refractivity contribution in [2.45, 2.75) is 46.3 Å². The van der Waals surface area contributed by atoms with Crippen LogP contribution in [0.1, 0.15) is 34.1 Å². The molecule has 0 bridgehead atoms. The normalized spacial score (nSPS) is 17.6. The predicted octanol–water partition coefficient (Wildman–Crippen LogP) is 4.11. The number of alkyl halides is 1. The fourth-order valence-electron chi connectivity index (χ4n) is 1.48. The van der Waals surface area contributed by atoms with Gasteiger partial charge in [0.05, 0.1) is 32.0 Å². The summed E-state index contributed by atoms with van der Waals surface area (Å²) >= 11 is 0. The molecule has 0 aromatic rings. The number of hydrogen-bond donors (Lipinski definition) is 0. The van der Waals surface area contributed by atoms with Crippen LogP contribution in [0.2, 0.25) is 0 Å². The largest absolute Gasteiger partial charge is 0.475 e. The zero-order valence-electron chi connectivity index (χ0n) is 15.0.